The molecule has 0 aliphatic heterocycles. The Morgan fingerprint density at radius 3 is 2.60 bits per heavy atom. The van der Waals surface area contributed by atoms with Gasteiger partial charge in [0.2, 0.25) is 0 Å². The summed E-state index contributed by atoms with van der Waals surface area (Å²) in [5.74, 6) is 0.721. The van der Waals surface area contributed by atoms with Gasteiger partial charge >= 0.3 is 0 Å². The van der Waals surface area contributed by atoms with Gasteiger partial charge in [0.05, 0.1) is 0 Å². The number of halogens is 2. The Balaban J connectivity index is 1.88. The van der Waals surface area contributed by atoms with Crippen molar-refractivity contribution in [2.24, 2.45) is 0 Å². The van der Waals surface area contributed by atoms with Crippen molar-refractivity contribution in [1.29, 1.82) is 0 Å². The van der Waals surface area contributed by atoms with Gasteiger partial charge in [-0.05, 0) is 59.4 Å². The summed E-state index contributed by atoms with van der Waals surface area (Å²) in [5.41, 5.74) is 1.06. The lowest BCUT2D eigenvalue weighted by molar-refractivity contribution is 0.609. The van der Waals surface area contributed by atoms with E-state index in [-0.39, 0.29) is 5.82 Å². The zero-order chi connectivity index (χ0) is 14.4. The van der Waals surface area contributed by atoms with Gasteiger partial charge in [0.15, 0.2) is 0 Å². The van der Waals surface area contributed by atoms with Crippen LogP contribution in [-0.2, 0) is 6.42 Å². The Morgan fingerprint density at radius 2 is 2.00 bits per heavy atom. The molecule has 2 aromatic rings. The van der Waals surface area contributed by atoms with Gasteiger partial charge in [-0.2, -0.15) is 0 Å². The van der Waals surface area contributed by atoms with E-state index in [0.717, 1.165) is 27.2 Å². The lowest BCUT2D eigenvalue weighted by Crippen LogP contribution is -2.30. The largest absolute Gasteiger partial charge is 0.316 e. The maximum absolute atomic E-state index is 12.8. The molecule has 0 aliphatic rings. The van der Waals surface area contributed by atoms with Gasteiger partial charge in [0.25, 0.3) is 0 Å². The molecule has 1 aromatic carbocycles. The number of rotatable bonds is 6. The van der Waals surface area contributed by atoms with Crippen LogP contribution in [0.4, 0.5) is 4.39 Å². The van der Waals surface area contributed by atoms with Gasteiger partial charge < -0.3 is 5.32 Å². The highest BCUT2D eigenvalue weighted by Crippen LogP contribution is 2.20. The minimum Gasteiger partial charge on any atom is -0.316 e. The first-order chi connectivity index (χ1) is 9.67. The molecule has 0 amide bonds. The molecule has 2 nitrogen and oxygen atoms in total. The molecule has 0 spiro atoms. The van der Waals surface area contributed by atoms with Gasteiger partial charge in [-0.3, -0.25) is 4.98 Å². The molecule has 0 saturated carbocycles. The molecule has 1 aromatic heterocycles. The third kappa shape index (κ3) is 4.89. The highest BCUT2D eigenvalue weighted by atomic mass is 79.9. The second-order valence-corrected chi connectivity index (χ2v) is 6.43. The smallest absolute Gasteiger partial charge is 0.123 e. The van der Waals surface area contributed by atoms with Crippen LogP contribution in [-0.4, -0.2) is 23.8 Å². The first-order valence-corrected chi connectivity index (χ1v) is 8.11. The van der Waals surface area contributed by atoms with E-state index < -0.39 is 0 Å². The predicted octanol–water partition coefficient (Wildman–Crippen LogP) is 3.91. The fourth-order valence-corrected chi connectivity index (χ4v) is 2.99. The monoisotopic (exact) mass is 354 g/mol. The standard InChI is InChI=1S/C15H16BrFN2S/c1-18-14(8-13-5-2-11(16)9-19-13)10-20-15-6-3-12(17)4-7-15/h2-7,9,14,18H,8,10H2,1H3. The number of hydrogen-bond donors (Lipinski definition) is 1. The average molecular weight is 355 g/mol. The number of pyridine rings is 1. The van der Waals surface area contributed by atoms with Crippen molar-refractivity contribution in [3.63, 3.8) is 0 Å². The number of benzene rings is 1. The molecule has 5 heteroatoms. The van der Waals surface area contributed by atoms with Gasteiger partial charge in [-0.1, -0.05) is 0 Å². The van der Waals surface area contributed by atoms with Gasteiger partial charge in [-0.25, -0.2) is 4.39 Å². The van der Waals surface area contributed by atoms with Crippen LogP contribution in [0, 0.1) is 5.82 Å². The SMILES string of the molecule is CNC(CSc1ccc(F)cc1)Cc1ccc(Br)cn1. The van der Waals surface area contributed by atoms with Crippen molar-refractivity contribution in [1.82, 2.24) is 10.3 Å². The molecule has 0 fully saturated rings. The van der Waals surface area contributed by atoms with Gasteiger partial charge in [0.1, 0.15) is 5.82 Å². The zero-order valence-corrected chi connectivity index (χ0v) is 13.5. The highest BCUT2D eigenvalue weighted by molar-refractivity contribution is 9.10. The van der Waals surface area contributed by atoms with Gasteiger partial charge in [0, 0.05) is 39.5 Å². The van der Waals surface area contributed by atoms with Crippen molar-refractivity contribution >= 4 is 27.7 Å². The lowest BCUT2D eigenvalue weighted by Gasteiger charge is -2.15. The summed E-state index contributed by atoms with van der Waals surface area (Å²) < 4.78 is 13.8. The summed E-state index contributed by atoms with van der Waals surface area (Å²) in [5, 5.41) is 3.30. The number of nitrogens with zero attached hydrogens (tertiary/aromatic N) is 1. The van der Waals surface area contributed by atoms with Crippen LogP contribution in [0.25, 0.3) is 0 Å². The van der Waals surface area contributed by atoms with Crippen molar-refractivity contribution < 1.29 is 4.39 Å². The number of thioether (sulfide) groups is 1. The maximum atomic E-state index is 12.8. The molecule has 106 valence electrons. The number of likely N-dealkylation sites (N-methyl/N-ethyl adjacent to an activating group) is 1. The Labute approximate surface area is 131 Å². The molecule has 20 heavy (non-hydrogen) atoms. The molecule has 0 saturated heterocycles. The third-order valence-electron chi connectivity index (χ3n) is 2.92. The molecule has 1 unspecified atom stereocenters. The number of hydrogen-bond acceptors (Lipinski definition) is 3. The topological polar surface area (TPSA) is 24.9 Å². The summed E-state index contributed by atoms with van der Waals surface area (Å²) in [4.78, 5) is 5.47. The number of nitrogens with one attached hydrogen (secondary N) is 1. The summed E-state index contributed by atoms with van der Waals surface area (Å²) >= 11 is 5.10. The molecule has 1 heterocycles. The van der Waals surface area contributed by atoms with E-state index in [1.165, 1.54) is 12.1 Å². The molecule has 0 bridgehead atoms. The first-order valence-electron chi connectivity index (χ1n) is 6.33. The van der Waals surface area contributed by atoms with E-state index in [4.69, 9.17) is 0 Å². The lowest BCUT2D eigenvalue weighted by atomic mass is 10.2. The second kappa shape index (κ2) is 7.76. The van der Waals surface area contributed by atoms with Crippen LogP contribution < -0.4 is 5.32 Å². The predicted molar refractivity (Wildman–Crippen MR) is 85.6 cm³/mol. The van der Waals surface area contributed by atoms with Crippen LogP contribution in [0.15, 0.2) is 52.0 Å². The van der Waals surface area contributed by atoms with Crippen LogP contribution in [0.3, 0.4) is 0 Å². The minimum atomic E-state index is -0.196. The van der Waals surface area contributed by atoms with E-state index in [1.54, 1.807) is 11.8 Å². The highest BCUT2D eigenvalue weighted by Gasteiger charge is 2.09. The Hall–Kier alpha value is -0.910. The summed E-state index contributed by atoms with van der Waals surface area (Å²) in [7, 11) is 1.95. The van der Waals surface area contributed by atoms with E-state index in [9.17, 15) is 4.39 Å². The van der Waals surface area contributed by atoms with Crippen molar-refractivity contribution in [2.45, 2.75) is 17.4 Å². The Morgan fingerprint density at radius 1 is 1.25 bits per heavy atom. The van der Waals surface area contributed by atoms with Crippen molar-refractivity contribution in [2.75, 3.05) is 12.8 Å². The Bertz CT molecular complexity index is 531. The van der Waals surface area contributed by atoms with Gasteiger partial charge in [-0.15, -0.1) is 11.8 Å². The fraction of sp³-hybridized carbons (Fsp3) is 0.267. The molecule has 1 atom stereocenters. The van der Waals surface area contributed by atoms with Crippen LogP contribution in [0.5, 0.6) is 0 Å². The van der Waals surface area contributed by atoms with E-state index in [0.29, 0.717) is 6.04 Å². The molecular weight excluding hydrogens is 339 g/mol. The first kappa shape index (κ1) is 15.5. The van der Waals surface area contributed by atoms with Crippen molar-refractivity contribution in [3.8, 4) is 0 Å². The van der Waals surface area contributed by atoms with E-state index in [1.807, 2.05) is 37.5 Å². The third-order valence-corrected chi connectivity index (χ3v) is 4.56. The van der Waals surface area contributed by atoms with Crippen LogP contribution >= 0.6 is 27.7 Å². The van der Waals surface area contributed by atoms with Crippen LogP contribution in [0.1, 0.15) is 5.69 Å². The normalized spacial score (nSPS) is 12.3. The maximum Gasteiger partial charge on any atom is 0.123 e. The summed E-state index contributed by atoms with van der Waals surface area (Å²) in [6.07, 6.45) is 2.69. The van der Waals surface area contributed by atoms with E-state index >= 15 is 0 Å². The number of aromatic nitrogens is 1. The molecule has 0 aliphatic carbocycles. The molecule has 2 rings (SSSR count). The summed E-state index contributed by atoms with van der Waals surface area (Å²) in [6, 6.07) is 11.0. The molecule has 0 radical (unpaired) electrons. The Kier molecular flexibility index (Phi) is 6.01. The fourth-order valence-electron chi connectivity index (χ4n) is 1.75. The van der Waals surface area contributed by atoms with E-state index in [2.05, 4.69) is 26.2 Å². The molecule has 1 N–H and O–H groups in total. The zero-order valence-electron chi connectivity index (χ0n) is 11.1. The quantitative estimate of drug-likeness (QED) is 0.796. The molecular formula is C15H16BrFN2S. The van der Waals surface area contributed by atoms with Crippen LogP contribution in [0.2, 0.25) is 0 Å². The van der Waals surface area contributed by atoms with Crippen molar-refractivity contribution in [3.05, 3.63) is 58.6 Å². The minimum absolute atomic E-state index is 0.196. The average Bonchev–Trinajstić information content (AvgIpc) is 2.47. The summed E-state index contributed by atoms with van der Waals surface area (Å²) in [6.45, 7) is 0. The second-order valence-electron chi connectivity index (χ2n) is 4.42.